The van der Waals surface area contributed by atoms with E-state index in [9.17, 15) is 158 Å². The van der Waals surface area contributed by atoms with Crippen molar-refractivity contribution in [2.24, 2.45) is 5.92 Å². The summed E-state index contributed by atoms with van der Waals surface area (Å²) in [4.78, 5) is 0. The van der Waals surface area contributed by atoms with E-state index in [0.29, 0.717) is 0 Å². The van der Waals surface area contributed by atoms with Gasteiger partial charge in [0.1, 0.15) is 0 Å². The topological polar surface area (TPSA) is 121 Å². The maximum Gasteiger partial charge on any atom is 0.430 e. The number of aliphatic hydroxyl groups is 6. The maximum absolute atomic E-state index is 12.4. The molecule has 0 unspecified atom stereocenters. The zero-order chi connectivity index (χ0) is 60.0. The van der Waals surface area contributed by atoms with Crippen LogP contribution in [0.15, 0.2) is 23.8 Å². The van der Waals surface area contributed by atoms with Gasteiger partial charge in [-0.3, -0.25) is 0 Å². The van der Waals surface area contributed by atoms with Crippen LogP contribution >= 0.6 is 0 Å². The van der Waals surface area contributed by atoms with E-state index in [1.165, 1.54) is 0 Å². The Morgan fingerprint density at radius 1 is 0.333 bits per heavy atom. The van der Waals surface area contributed by atoms with Gasteiger partial charge in [0.25, 0.3) is 33.6 Å². The van der Waals surface area contributed by atoms with Crippen molar-refractivity contribution in [3.63, 3.8) is 0 Å². The molecule has 0 aliphatic heterocycles. The summed E-state index contributed by atoms with van der Waals surface area (Å²) in [6.07, 6.45) is -92.0. The average Bonchev–Trinajstić information content (AvgIpc) is 3.02. The van der Waals surface area contributed by atoms with Crippen LogP contribution in [0.3, 0.4) is 0 Å². The predicted molar refractivity (Wildman–Crippen MR) is 160 cm³/mol. The summed E-state index contributed by atoms with van der Waals surface area (Å²) in [5.74, 6) is -2.66. The lowest BCUT2D eigenvalue weighted by Gasteiger charge is -2.38. The van der Waals surface area contributed by atoms with E-state index in [1.54, 1.807) is 0 Å². The van der Waals surface area contributed by atoms with Crippen LogP contribution in [0.5, 0.6) is 0 Å². The zero-order valence-electron chi connectivity index (χ0n) is 33.7. The second-order valence-electron chi connectivity index (χ2n) is 14.8. The quantitative estimate of drug-likeness (QED) is 0.0906. The predicted octanol–water partition coefficient (Wildman–Crippen LogP) is 12.4. The molecule has 0 atom stereocenters. The summed E-state index contributed by atoms with van der Waals surface area (Å²) < 4.78 is 445. The molecular formula is C30H28F36O6. The molecule has 0 aliphatic rings. The Labute approximate surface area is 374 Å². The molecule has 436 valence electrons. The van der Waals surface area contributed by atoms with Gasteiger partial charge in [0, 0.05) is 20.7 Å². The Bertz CT molecular complexity index is 1630. The van der Waals surface area contributed by atoms with Gasteiger partial charge in [0.15, 0.2) is 0 Å². The van der Waals surface area contributed by atoms with Crippen molar-refractivity contribution in [2.75, 3.05) is 0 Å². The van der Waals surface area contributed by atoms with Gasteiger partial charge in [-0.05, 0) is 31.8 Å². The molecule has 0 rings (SSSR count). The number of hydrogen-bond acceptors (Lipinski definition) is 6. The molecule has 0 aromatic rings. The van der Waals surface area contributed by atoms with Gasteiger partial charge in [-0.2, -0.15) is 158 Å². The van der Waals surface area contributed by atoms with Gasteiger partial charge in [0.05, 0.1) is 0 Å². The van der Waals surface area contributed by atoms with E-state index in [2.05, 4.69) is 6.58 Å². The fourth-order valence-corrected chi connectivity index (χ4v) is 4.87. The molecule has 42 heteroatoms. The molecule has 0 saturated heterocycles. The standard InChI is InChI=1S/C10H10F12O2.2C10H8F12O2.H2/c3*1-4(2-5(23,7(11,12)13)8(14,15)16)3-6(24,9(17,18)19)10(20,21)22;/h4,23-24H,2-3H2,1H3;2,23-24H,3H2,1H3;23-24H,1-3H2;1H/b;4-2+;;. The van der Waals surface area contributed by atoms with Crippen LogP contribution in [0.4, 0.5) is 158 Å². The first-order valence-corrected chi connectivity index (χ1v) is 16.8. The number of alkyl halides is 36. The summed E-state index contributed by atoms with van der Waals surface area (Å²) in [5, 5.41) is 52.3. The first kappa shape index (κ1) is 73.0. The van der Waals surface area contributed by atoms with Crippen LogP contribution in [-0.4, -0.2) is 138 Å². The third-order valence-corrected chi connectivity index (χ3v) is 8.84. The van der Waals surface area contributed by atoms with Gasteiger partial charge in [0.2, 0.25) is 0 Å². The summed E-state index contributed by atoms with van der Waals surface area (Å²) in [7, 11) is 0. The average molecular weight is 1170 g/mol. The highest BCUT2D eigenvalue weighted by molar-refractivity contribution is 5.19. The Kier molecular flexibility index (Phi) is 21.3. The summed E-state index contributed by atoms with van der Waals surface area (Å²) in [6, 6.07) is 0. The van der Waals surface area contributed by atoms with Crippen molar-refractivity contribution in [3.05, 3.63) is 23.8 Å². The summed E-state index contributed by atoms with van der Waals surface area (Å²) >= 11 is 0. The Balaban J connectivity index is -0.000000486. The van der Waals surface area contributed by atoms with E-state index in [1.807, 2.05) is 0 Å². The molecule has 0 saturated carbocycles. The van der Waals surface area contributed by atoms with E-state index < -0.39 is 163 Å². The van der Waals surface area contributed by atoms with Gasteiger partial charge < -0.3 is 30.6 Å². The largest absolute Gasteiger partial charge is 0.430 e. The molecule has 6 N–H and O–H groups in total. The second kappa shape index (κ2) is 21.0. The molecule has 6 nitrogen and oxygen atoms in total. The fourth-order valence-electron chi connectivity index (χ4n) is 4.87. The lowest BCUT2D eigenvalue weighted by molar-refractivity contribution is -0.383. The highest BCUT2D eigenvalue weighted by Crippen LogP contribution is 2.54. The SMILES string of the molecule is C/C(=C\C(O)(C(F)(F)F)C(F)(F)F)CC(O)(C(F)(F)F)C(F)(F)F.C=C(CC(O)(C(F)(F)F)C(F)(F)F)CC(O)(C(F)(F)F)C(F)(F)F.CC(CC(O)(C(F)(F)F)C(F)(F)F)CC(O)(C(F)(F)F)C(F)(F)F.[HH]. The van der Waals surface area contributed by atoms with E-state index in [0.717, 1.165) is 0 Å². The minimum Gasteiger partial charge on any atom is -0.374 e. The van der Waals surface area contributed by atoms with Crippen molar-refractivity contribution >= 4 is 0 Å². The van der Waals surface area contributed by atoms with Crippen LogP contribution < -0.4 is 0 Å². The molecule has 0 amide bonds. The minimum atomic E-state index is -6.49. The summed E-state index contributed by atoms with van der Waals surface area (Å²) in [6.45, 7) is 2.46. The summed E-state index contributed by atoms with van der Waals surface area (Å²) in [5.41, 5.74) is -37.4. The molecule has 72 heavy (non-hydrogen) atoms. The van der Waals surface area contributed by atoms with Crippen LogP contribution in [-0.2, 0) is 0 Å². The molecule has 0 aromatic carbocycles. The molecule has 0 radical (unpaired) electrons. The lowest BCUT2D eigenvalue weighted by atomic mass is 9.82. The fraction of sp³-hybridized carbons (Fsp3) is 0.867. The normalized spacial score (nSPS) is 16.0. The van der Waals surface area contributed by atoms with E-state index >= 15 is 0 Å². The van der Waals surface area contributed by atoms with Crippen molar-refractivity contribution in [1.29, 1.82) is 0 Å². The number of rotatable bonds is 11. The van der Waals surface area contributed by atoms with Crippen LogP contribution in [0, 0.1) is 5.92 Å². The molecular weight excluding hydrogens is 1140 g/mol. The number of halogens is 36. The van der Waals surface area contributed by atoms with Crippen LogP contribution in [0.25, 0.3) is 0 Å². The molecule has 0 aromatic heterocycles. The Hall–Kier alpha value is -3.28. The van der Waals surface area contributed by atoms with E-state index in [4.69, 9.17) is 30.6 Å². The van der Waals surface area contributed by atoms with Crippen molar-refractivity contribution in [3.8, 4) is 0 Å². The molecule has 0 fully saturated rings. The Morgan fingerprint density at radius 2 is 0.500 bits per heavy atom. The second-order valence-corrected chi connectivity index (χ2v) is 14.8. The molecule has 0 spiro atoms. The third-order valence-electron chi connectivity index (χ3n) is 8.84. The molecule has 0 bridgehead atoms. The molecule has 0 aliphatic carbocycles. The smallest absolute Gasteiger partial charge is 0.374 e. The van der Waals surface area contributed by atoms with Crippen LogP contribution in [0.1, 0.15) is 47.4 Å². The first-order valence-electron chi connectivity index (χ1n) is 16.8. The third kappa shape index (κ3) is 15.9. The monoisotopic (exact) mass is 1170 g/mol. The van der Waals surface area contributed by atoms with Crippen LogP contribution in [0.2, 0.25) is 0 Å². The van der Waals surface area contributed by atoms with Crippen molar-refractivity contribution < 1.29 is 190 Å². The maximum atomic E-state index is 12.4. The first-order chi connectivity index (χ1) is 30.3. The van der Waals surface area contributed by atoms with Gasteiger partial charge in [-0.1, -0.05) is 24.6 Å². The van der Waals surface area contributed by atoms with Gasteiger partial charge in [-0.15, -0.1) is 0 Å². The van der Waals surface area contributed by atoms with E-state index in [-0.39, 0.29) is 15.3 Å². The van der Waals surface area contributed by atoms with Crippen molar-refractivity contribution in [1.82, 2.24) is 0 Å². The van der Waals surface area contributed by atoms with Gasteiger partial charge in [-0.25, -0.2) is 0 Å². The van der Waals surface area contributed by atoms with Crippen molar-refractivity contribution in [2.45, 2.75) is 154 Å². The zero-order valence-corrected chi connectivity index (χ0v) is 33.7. The highest BCUT2D eigenvalue weighted by Gasteiger charge is 2.76. The lowest BCUT2D eigenvalue weighted by Crippen LogP contribution is -2.60. The van der Waals surface area contributed by atoms with Gasteiger partial charge >= 0.3 is 74.1 Å². The minimum absolute atomic E-state index is 0. The highest BCUT2D eigenvalue weighted by atomic mass is 19.5. The molecule has 0 heterocycles. The Morgan fingerprint density at radius 3 is 0.653 bits per heavy atom. The number of hydrogen-bond donors (Lipinski definition) is 6.